The minimum atomic E-state index is -0.377. The Morgan fingerprint density at radius 2 is 2.17 bits per heavy atom. The van der Waals surface area contributed by atoms with Crippen LogP contribution >= 0.6 is 15.9 Å². The van der Waals surface area contributed by atoms with E-state index in [4.69, 9.17) is 4.74 Å². The molecule has 2 bridgehead atoms. The molecule has 1 saturated heterocycles. The molecule has 0 unspecified atom stereocenters. The second-order valence-corrected chi connectivity index (χ2v) is 4.88. The van der Waals surface area contributed by atoms with E-state index in [1.807, 2.05) is 26.0 Å². The monoisotopic (exact) mass is 230 g/mol. The number of ketones is 1. The summed E-state index contributed by atoms with van der Waals surface area (Å²) < 4.78 is 5.62. The van der Waals surface area contributed by atoms with Gasteiger partial charge in [-0.2, -0.15) is 0 Å². The number of halogens is 1. The quantitative estimate of drug-likeness (QED) is 0.468. The maximum Gasteiger partial charge on any atom is 0.157 e. The molecule has 0 saturated carbocycles. The normalized spacial score (nSPS) is 43.6. The van der Waals surface area contributed by atoms with E-state index in [9.17, 15) is 4.79 Å². The van der Waals surface area contributed by atoms with Crippen LogP contribution in [0.25, 0.3) is 0 Å². The molecule has 3 atom stereocenters. The van der Waals surface area contributed by atoms with Gasteiger partial charge in [0.2, 0.25) is 0 Å². The molecule has 66 valence electrons. The number of carbonyl (C=O) groups is 1. The highest BCUT2D eigenvalue weighted by Crippen LogP contribution is 2.40. The molecule has 0 aromatic heterocycles. The Morgan fingerprint density at radius 3 is 2.83 bits per heavy atom. The van der Waals surface area contributed by atoms with E-state index in [1.165, 1.54) is 0 Å². The summed E-state index contributed by atoms with van der Waals surface area (Å²) in [5.41, 5.74) is -0.377. The molecule has 2 nitrogen and oxygen atoms in total. The molecular weight excluding hydrogens is 220 g/mol. The highest BCUT2D eigenvalue weighted by atomic mass is 79.9. The van der Waals surface area contributed by atoms with E-state index < -0.39 is 0 Å². The molecular formula is C9H11BrO2. The van der Waals surface area contributed by atoms with Crippen LogP contribution in [0.4, 0.5) is 0 Å². The molecule has 2 heterocycles. The lowest BCUT2D eigenvalue weighted by atomic mass is 9.80. The average Bonchev–Trinajstić information content (AvgIpc) is 2.46. The first-order valence-corrected chi connectivity index (χ1v) is 4.97. The number of rotatable bonds is 0. The molecule has 0 aromatic rings. The Bertz CT molecular complexity index is 257. The number of hydrogen-bond donors (Lipinski definition) is 0. The standard InChI is InChI=1S/C9H11BrO2/c1-9(2)6-4-3-5(12-6)7(10)8(9)11/h3-7H,1-2H3/t5-,6+,7+/m0/s1. The van der Waals surface area contributed by atoms with E-state index in [0.717, 1.165) is 0 Å². The lowest BCUT2D eigenvalue weighted by Gasteiger charge is -2.37. The Morgan fingerprint density at radius 1 is 1.50 bits per heavy atom. The smallest absolute Gasteiger partial charge is 0.157 e. The van der Waals surface area contributed by atoms with Crippen molar-refractivity contribution >= 4 is 21.7 Å². The van der Waals surface area contributed by atoms with Crippen LogP contribution in [0, 0.1) is 5.41 Å². The second-order valence-electron chi connectivity index (χ2n) is 3.89. The van der Waals surface area contributed by atoms with Crippen molar-refractivity contribution in [2.45, 2.75) is 30.9 Å². The van der Waals surface area contributed by atoms with E-state index in [-0.39, 0.29) is 28.2 Å². The summed E-state index contributed by atoms with van der Waals surface area (Å²) in [6.45, 7) is 3.86. The van der Waals surface area contributed by atoms with Gasteiger partial charge in [-0.1, -0.05) is 41.9 Å². The number of alkyl halides is 1. The van der Waals surface area contributed by atoms with Crippen LogP contribution in [-0.4, -0.2) is 22.8 Å². The molecule has 0 spiro atoms. The highest BCUT2D eigenvalue weighted by molar-refractivity contribution is 9.10. The van der Waals surface area contributed by atoms with Gasteiger partial charge in [0, 0.05) is 0 Å². The predicted octanol–water partition coefficient (Wildman–Crippen LogP) is 1.68. The van der Waals surface area contributed by atoms with E-state index >= 15 is 0 Å². The molecule has 0 aliphatic carbocycles. The van der Waals surface area contributed by atoms with Gasteiger partial charge < -0.3 is 4.74 Å². The summed E-state index contributed by atoms with van der Waals surface area (Å²) in [5, 5.41) is 0. The Kier molecular flexibility index (Phi) is 1.70. The molecule has 0 N–H and O–H groups in total. The topological polar surface area (TPSA) is 26.3 Å². The van der Waals surface area contributed by atoms with Crippen molar-refractivity contribution in [3.63, 3.8) is 0 Å². The molecule has 12 heavy (non-hydrogen) atoms. The maximum absolute atomic E-state index is 11.7. The summed E-state index contributed by atoms with van der Waals surface area (Å²) in [6, 6.07) is 0. The van der Waals surface area contributed by atoms with Gasteiger partial charge >= 0.3 is 0 Å². The number of ether oxygens (including phenoxy) is 1. The molecule has 2 rings (SSSR count). The fourth-order valence-electron chi connectivity index (χ4n) is 1.69. The van der Waals surface area contributed by atoms with Crippen molar-refractivity contribution in [2.24, 2.45) is 5.41 Å². The SMILES string of the molecule is CC1(C)C(=O)[C@H](Br)[C@@H]2C=C[C@H]1O2. The zero-order valence-corrected chi connectivity index (χ0v) is 8.67. The van der Waals surface area contributed by atoms with Gasteiger partial charge in [-0.15, -0.1) is 0 Å². The third-order valence-electron chi connectivity index (χ3n) is 2.66. The van der Waals surface area contributed by atoms with Crippen LogP contribution in [0.15, 0.2) is 12.2 Å². The van der Waals surface area contributed by atoms with Crippen LogP contribution in [0.2, 0.25) is 0 Å². The summed E-state index contributed by atoms with van der Waals surface area (Å²) in [7, 11) is 0. The number of carbonyl (C=O) groups excluding carboxylic acids is 1. The van der Waals surface area contributed by atoms with Gasteiger partial charge in [0.05, 0.1) is 17.6 Å². The Hall–Kier alpha value is -0.150. The van der Waals surface area contributed by atoms with Crippen LogP contribution < -0.4 is 0 Å². The zero-order chi connectivity index (χ0) is 8.93. The van der Waals surface area contributed by atoms with E-state index in [0.29, 0.717) is 0 Å². The van der Waals surface area contributed by atoms with Crippen LogP contribution in [0.5, 0.6) is 0 Å². The highest BCUT2D eigenvalue weighted by Gasteiger charge is 2.50. The fourth-order valence-corrected chi connectivity index (χ4v) is 2.58. The van der Waals surface area contributed by atoms with Gasteiger partial charge in [0.1, 0.15) is 4.83 Å². The summed E-state index contributed by atoms with van der Waals surface area (Å²) >= 11 is 3.36. The molecule has 0 aromatic carbocycles. The zero-order valence-electron chi connectivity index (χ0n) is 7.08. The van der Waals surface area contributed by atoms with Crippen molar-refractivity contribution in [1.29, 1.82) is 0 Å². The number of fused-ring (bicyclic) bond motifs is 2. The summed E-state index contributed by atoms with van der Waals surface area (Å²) in [5.74, 6) is 0.244. The van der Waals surface area contributed by atoms with Gasteiger partial charge in [0.25, 0.3) is 0 Å². The van der Waals surface area contributed by atoms with Crippen molar-refractivity contribution in [3.8, 4) is 0 Å². The molecule has 0 amide bonds. The van der Waals surface area contributed by atoms with Gasteiger partial charge in [-0.25, -0.2) is 0 Å². The summed E-state index contributed by atoms with van der Waals surface area (Å²) in [6.07, 6.45) is 3.89. The maximum atomic E-state index is 11.7. The first-order chi connectivity index (χ1) is 5.53. The first kappa shape index (κ1) is 8.45. The van der Waals surface area contributed by atoms with Crippen molar-refractivity contribution < 1.29 is 9.53 Å². The Labute approximate surface area is 80.1 Å². The molecule has 3 heteroatoms. The lowest BCUT2D eigenvalue weighted by Crippen LogP contribution is -2.49. The third kappa shape index (κ3) is 0.927. The van der Waals surface area contributed by atoms with Crippen LogP contribution in [0.1, 0.15) is 13.8 Å². The van der Waals surface area contributed by atoms with Crippen LogP contribution in [0.3, 0.4) is 0 Å². The van der Waals surface area contributed by atoms with Crippen molar-refractivity contribution in [3.05, 3.63) is 12.2 Å². The van der Waals surface area contributed by atoms with E-state index in [1.54, 1.807) is 0 Å². The number of hydrogen-bond acceptors (Lipinski definition) is 2. The van der Waals surface area contributed by atoms with E-state index in [2.05, 4.69) is 15.9 Å². The first-order valence-electron chi connectivity index (χ1n) is 4.05. The van der Waals surface area contributed by atoms with Gasteiger partial charge in [-0.3, -0.25) is 4.79 Å². The van der Waals surface area contributed by atoms with Crippen LogP contribution in [-0.2, 0) is 9.53 Å². The lowest BCUT2D eigenvalue weighted by molar-refractivity contribution is -0.143. The third-order valence-corrected chi connectivity index (χ3v) is 3.60. The summed E-state index contributed by atoms with van der Waals surface area (Å²) in [4.78, 5) is 11.6. The van der Waals surface area contributed by atoms with Crippen molar-refractivity contribution in [1.82, 2.24) is 0 Å². The second kappa shape index (κ2) is 2.42. The minimum Gasteiger partial charge on any atom is -0.364 e. The molecule has 0 radical (unpaired) electrons. The Balaban J connectivity index is 2.38. The minimum absolute atomic E-state index is 0.0243. The van der Waals surface area contributed by atoms with Crippen molar-refractivity contribution in [2.75, 3.05) is 0 Å². The van der Waals surface area contributed by atoms with Gasteiger partial charge in [-0.05, 0) is 0 Å². The molecule has 2 aliphatic rings. The predicted molar refractivity (Wildman–Crippen MR) is 49.3 cm³/mol. The largest absolute Gasteiger partial charge is 0.364 e. The number of Topliss-reactive ketones (excluding diaryl/α,β-unsaturated/α-hetero) is 1. The molecule has 2 aliphatic heterocycles. The molecule has 1 fully saturated rings. The van der Waals surface area contributed by atoms with Gasteiger partial charge in [0.15, 0.2) is 5.78 Å². The average molecular weight is 231 g/mol. The fraction of sp³-hybridized carbons (Fsp3) is 0.667.